The number of carboxylic acids is 1. The van der Waals surface area contributed by atoms with Crippen molar-refractivity contribution in [3.63, 3.8) is 0 Å². The number of carbonyl (C=O) groups is 2. The number of hydrogen-bond donors (Lipinski definition) is 1. The summed E-state index contributed by atoms with van der Waals surface area (Å²) in [7, 11) is 0. The molecule has 0 aliphatic rings. The largest absolute Gasteiger partial charge is 0.475 e. The van der Waals surface area contributed by atoms with Gasteiger partial charge in [-0.15, -0.1) is 0 Å². The van der Waals surface area contributed by atoms with Crippen LogP contribution in [0.5, 0.6) is 0 Å². The van der Waals surface area contributed by atoms with E-state index in [1.54, 1.807) is 6.07 Å². The van der Waals surface area contributed by atoms with Crippen LogP contribution in [0.15, 0.2) is 30.3 Å². The fourth-order valence-electron chi connectivity index (χ4n) is 2.28. The van der Waals surface area contributed by atoms with Gasteiger partial charge in [-0.25, -0.2) is 4.79 Å². The third kappa shape index (κ3) is 1.88. The van der Waals surface area contributed by atoms with Gasteiger partial charge >= 0.3 is 5.97 Å². The summed E-state index contributed by atoms with van der Waals surface area (Å²) in [6.45, 7) is 3.89. The van der Waals surface area contributed by atoms with E-state index >= 15 is 0 Å². The molecule has 0 aromatic heterocycles. The second-order valence-electron chi connectivity index (χ2n) is 4.26. The molecule has 18 heavy (non-hydrogen) atoms. The Morgan fingerprint density at radius 2 is 1.78 bits per heavy atom. The maximum Gasteiger partial charge on any atom is 0.377 e. The quantitative estimate of drug-likeness (QED) is 0.665. The Kier molecular flexibility index (Phi) is 3.15. The van der Waals surface area contributed by atoms with Crippen molar-refractivity contribution in [2.45, 2.75) is 20.3 Å². The summed E-state index contributed by atoms with van der Waals surface area (Å²) in [6.07, 6.45) is 0.639. The molecule has 0 spiro atoms. The van der Waals surface area contributed by atoms with Crippen molar-refractivity contribution in [2.75, 3.05) is 0 Å². The molecule has 0 aliphatic carbocycles. The highest BCUT2D eigenvalue weighted by Gasteiger charge is 2.21. The Morgan fingerprint density at radius 3 is 2.33 bits per heavy atom. The van der Waals surface area contributed by atoms with Crippen LogP contribution in [-0.2, 0) is 11.2 Å². The van der Waals surface area contributed by atoms with Crippen LogP contribution >= 0.6 is 0 Å². The number of aliphatic carboxylic acids is 1. The van der Waals surface area contributed by atoms with Crippen molar-refractivity contribution in [1.29, 1.82) is 0 Å². The van der Waals surface area contributed by atoms with Gasteiger partial charge in [-0.3, -0.25) is 4.79 Å². The second kappa shape index (κ2) is 4.61. The monoisotopic (exact) mass is 242 g/mol. The summed E-state index contributed by atoms with van der Waals surface area (Å²) in [5.41, 5.74) is 2.18. The van der Waals surface area contributed by atoms with Crippen molar-refractivity contribution in [1.82, 2.24) is 0 Å². The smallest absolute Gasteiger partial charge is 0.377 e. The second-order valence-corrected chi connectivity index (χ2v) is 4.26. The summed E-state index contributed by atoms with van der Waals surface area (Å²) in [5.74, 6) is -2.23. The van der Waals surface area contributed by atoms with Crippen molar-refractivity contribution >= 4 is 22.5 Å². The van der Waals surface area contributed by atoms with Crippen LogP contribution in [-0.4, -0.2) is 16.9 Å². The average molecular weight is 242 g/mol. The van der Waals surface area contributed by atoms with Gasteiger partial charge in [0.25, 0.3) is 5.78 Å². The van der Waals surface area contributed by atoms with Crippen LogP contribution in [0.2, 0.25) is 0 Å². The van der Waals surface area contributed by atoms with Gasteiger partial charge < -0.3 is 5.11 Å². The van der Waals surface area contributed by atoms with Crippen LogP contribution in [0, 0.1) is 6.92 Å². The molecule has 0 heterocycles. The molecule has 0 bridgehead atoms. The predicted molar refractivity (Wildman–Crippen MR) is 70.0 cm³/mol. The molecule has 0 saturated carbocycles. The summed E-state index contributed by atoms with van der Waals surface area (Å²) in [4.78, 5) is 22.8. The number of ketones is 1. The molecule has 2 aromatic rings. The molecule has 2 aromatic carbocycles. The number of carbonyl (C=O) groups excluding carboxylic acids is 1. The zero-order valence-electron chi connectivity index (χ0n) is 10.4. The number of carboxylic acid groups (broad SMARTS) is 1. The fourth-order valence-corrected chi connectivity index (χ4v) is 2.28. The SMILES string of the molecule is CCc1cc(C)c2ccccc2c1C(=O)C(=O)O. The van der Waals surface area contributed by atoms with E-state index in [0.29, 0.717) is 12.0 Å². The normalized spacial score (nSPS) is 10.6. The third-order valence-corrected chi connectivity index (χ3v) is 3.14. The van der Waals surface area contributed by atoms with Gasteiger partial charge in [-0.1, -0.05) is 37.3 Å². The standard InChI is InChI=1S/C15H14O3/c1-3-10-8-9(2)11-6-4-5-7-12(11)13(10)14(16)15(17)18/h4-8H,3H2,1-2H3,(H,17,18). The highest BCUT2D eigenvalue weighted by Crippen LogP contribution is 2.27. The van der Waals surface area contributed by atoms with E-state index in [1.807, 2.05) is 38.1 Å². The first-order chi connectivity index (χ1) is 8.56. The van der Waals surface area contributed by atoms with Gasteiger partial charge in [-0.05, 0) is 35.2 Å². The summed E-state index contributed by atoms with van der Waals surface area (Å²) in [6, 6.07) is 9.31. The van der Waals surface area contributed by atoms with E-state index in [0.717, 1.165) is 21.9 Å². The molecule has 0 atom stereocenters. The summed E-state index contributed by atoms with van der Waals surface area (Å²) >= 11 is 0. The fraction of sp³-hybridized carbons (Fsp3) is 0.200. The Bertz CT molecular complexity index is 641. The van der Waals surface area contributed by atoms with Crippen molar-refractivity contribution in [2.24, 2.45) is 0 Å². The lowest BCUT2D eigenvalue weighted by Crippen LogP contribution is -2.15. The van der Waals surface area contributed by atoms with E-state index < -0.39 is 11.8 Å². The lowest BCUT2D eigenvalue weighted by Gasteiger charge is -2.11. The molecular formula is C15H14O3. The van der Waals surface area contributed by atoms with E-state index in [1.165, 1.54) is 0 Å². The molecule has 92 valence electrons. The molecule has 0 fully saturated rings. The minimum atomic E-state index is -1.40. The summed E-state index contributed by atoms with van der Waals surface area (Å²) < 4.78 is 0. The van der Waals surface area contributed by atoms with Crippen LogP contribution < -0.4 is 0 Å². The van der Waals surface area contributed by atoms with Crippen LogP contribution in [0.4, 0.5) is 0 Å². The molecule has 2 rings (SSSR count). The van der Waals surface area contributed by atoms with Crippen LogP contribution in [0.1, 0.15) is 28.4 Å². The van der Waals surface area contributed by atoms with Gasteiger partial charge in [0.15, 0.2) is 0 Å². The van der Waals surface area contributed by atoms with Crippen LogP contribution in [0.3, 0.4) is 0 Å². The first-order valence-electron chi connectivity index (χ1n) is 5.85. The van der Waals surface area contributed by atoms with E-state index in [9.17, 15) is 9.59 Å². The first-order valence-corrected chi connectivity index (χ1v) is 5.85. The highest BCUT2D eigenvalue weighted by molar-refractivity contribution is 6.42. The zero-order valence-corrected chi connectivity index (χ0v) is 10.4. The maximum absolute atomic E-state index is 11.8. The Balaban J connectivity index is 2.88. The lowest BCUT2D eigenvalue weighted by molar-refractivity contribution is -0.131. The Hall–Kier alpha value is -2.16. The van der Waals surface area contributed by atoms with E-state index in [4.69, 9.17) is 5.11 Å². The molecular weight excluding hydrogens is 228 g/mol. The molecule has 3 nitrogen and oxygen atoms in total. The van der Waals surface area contributed by atoms with E-state index in [-0.39, 0.29) is 0 Å². The van der Waals surface area contributed by atoms with Crippen molar-refractivity contribution < 1.29 is 14.7 Å². The molecule has 0 unspecified atom stereocenters. The highest BCUT2D eigenvalue weighted by atomic mass is 16.4. The Labute approximate surface area is 105 Å². The molecule has 0 radical (unpaired) electrons. The van der Waals surface area contributed by atoms with Gasteiger partial charge in [0, 0.05) is 5.56 Å². The van der Waals surface area contributed by atoms with Crippen molar-refractivity contribution in [3.8, 4) is 0 Å². The number of fused-ring (bicyclic) bond motifs is 1. The number of benzene rings is 2. The summed E-state index contributed by atoms with van der Waals surface area (Å²) in [5, 5.41) is 10.6. The lowest BCUT2D eigenvalue weighted by atomic mass is 9.91. The van der Waals surface area contributed by atoms with Gasteiger partial charge in [0.05, 0.1) is 0 Å². The minimum absolute atomic E-state index is 0.325. The van der Waals surface area contributed by atoms with Gasteiger partial charge in [0.2, 0.25) is 0 Å². The van der Waals surface area contributed by atoms with Crippen molar-refractivity contribution in [3.05, 3.63) is 47.0 Å². The molecule has 1 N–H and O–H groups in total. The first kappa shape index (κ1) is 12.3. The molecule has 3 heteroatoms. The van der Waals surface area contributed by atoms with E-state index in [2.05, 4.69) is 0 Å². The van der Waals surface area contributed by atoms with Crippen LogP contribution in [0.25, 0.3) is 10.8 Å². The number of aryl methyl sites for hydroxylation is 2. The predicted octanol–water partition coefficient (Wildman–Crippen LogP) is 2.98. The number of Topliss-reactive ketones (excluding diaryl/α,β-unsaturated/α-hetero) is 1. The topological polar surface area (TPSA) is 54.4 Å². The number of rotatable bonds is 3. The number of hydrogen-bond acceptors (Lipinski definition) is 2. The zero-order chi connectivity index (χ0) is 13.3. The maximum atomic E-state index is 11.8. The Morgan fingerprint density at radius 1 is 1.17 bits per heavy atom. The minimum Gasteiger partial charge on any atom is -0.475 e. The third-order valence-electron chi connectivity index (χ3n) is 3.14. The van der Waals surface area contributed by atoms with Gasteiger partial charge in [-0.2, -0.15) is 0 Å². The van der Waals surface area contributed by atoms with Gasteiger partial charge in [0.1, 0.15) is 0 Å². The molecule has 0 aliphatic heterocycles. The molecule has 0 amide bonds. The average Bonchev–Trinajstić information content (AvgIpc) is 2.37. The molecule has 0 saturated heterocycles.